The highest BCUT2D eigenvalue weighted by Crippen LogP contribution is 2.28. The molecule has 0 aliphatic carbocycles. The number of ether oxygens (including phenoxy) is 1. The number of aryl methyl sites for hydroxylation is 1. The number of rotatable bonds is 4. The molecule has 0 amide bonds. The summed E-state index contributed by atoms with van der Waals surface area (Å²) in [5, 5.41) is 12.7. The number of nitrogens with one attached hydrogen (secondary N) is 1. The fourth-order valence-corrected chi connectivity index (χ4v) is 2.08. The molecule has 3 rings (SSSR count). The van der Waals surface area contributed by atoms with Crippen LogP contribution in [0.2, 0.25) is 0 Å². The van der Waals surface area contributed by atoms with Crippen LogP contribution in [0.5, 0.6) is 0 Å². The molecule has 0 radical (unpaired) electrons. The number of hydrogen-bond donors (Lipinski definition) is 2. The van der Waals surface area contributed by atoms with Crippen molar-refractivity contribution in [2.75, 3.05) is 31.7 Å². The van der Waals surface area contributed by atoms with E-state index in [9.17, 15) is 5.11 Å². The Morgan fingerprint density at radius 1 is 1.44 bits per heavy atom. The largest absolute Gasteiger partial charge is 0.441 e. The average Bonchev–Trinajstić information content (AvgIpc) is 2.67. The fraction of sp³-hybridized carbons (Fsp3) is 0.462. The molecule has 2 heterocycles. The van der Waals surface area contributed by atoms with Crippen LogP contribution in [0.25, 0.3) is 11.1 Å². The Morgan fingerprint density at radius 2 is 2.28 bits per heavy atom. The summed E-state index contributed by atoms with van der Waals surface area (Å²) in [7, 11) is 0. The first kappa shape index (κ1) is 11.5. The molecule has 1 aliphatic rings. The van der Waals surface area contributed by atoms with Gasteiger partial charge in [-0.15, -0.1) is 0 Å². The van der Waals surface area contributed by atoms with Gasteiger partial charge in [-0.3, -0.25) is 0 Å². The van der Waals surface area contributed by atoms with Gasteiger partial charge in [0, 0.05) is 19.2 Å². The lowest BCUT2D eigenvalue weighted by Crippen LogP contribution is -2.50. The van der Waals surface area contributed by atoms with Crippen LogP contribution in [0.4, 0.5) is 5.69 Å². The maximum Gasteiger partial charge on any atom is 0.192 e. The highest BCUT2D eigenvalue weighted by Gasteiger charge is 2.37. The zero-order valence-electron chi connectivity index (χ0n) is 10.3. The molecule has 5 heteroatoms. The first-order valence-electron chi connectivity index (χ1n) is 6.00. The van der Waals surface area contributed by atoms with Gasteiger partial charge in [-0.1, -0.05) is 0 Å². The molecule has 2 aromatic rings. The molecule has 96 valence electrons. The zero-order valence-corrected chi connectivity index (χ0v) is 10.3. The third-order valence-electron chi connectivity index (χ3n) is 3.31. The van der Waals surface area contributed by atoms with E-state index >= 15 is 0 Å². The van der Waals surface area contributed by atoms with Crippen LogP contribution in [0.1, 0.15) is 5.89 Å². The summed E-state index contributed by atoms with van der Waals surface area (Å²) in [5.74, 6) is 0.668. The number of aliphatic hydroxyl groups is 1. The fourth-order valence-electron chi connectivity index (χ4n) is 2.08. The maximum atomic E-state index is 9.34. The van der Waals surface area contributed by atoms with Gasteiger partial charge in [-0.2, -0.15) is 0 Å². The van der Waals surface area contributed by atoms with E-state index in [4.69, 9.17) is 9.15 Å². The number of nitrogens with zero attached hydrogens (tertiary/aromatic N) is 1. The van der Waals surface area contributed by atoms with Crippen molar-refractivity contribution < 1.29 is 14.3 Å². The van der Waals surface area contributed by atoms with Crippen molar-refractivity contribution in [1.29, 1.82) is 0 Å². The lowest BCUT2D eigenvalue weighted by Gasteiger charge is -2.40. The van der Waals surface area contributed by atoms with E-state index in [1.165, 1.54) is 0 Å². The van der Waals surface area contributed by atoms with Crippen LogP contribution >= 0.6 is 0 Å². The van der Waals surface area contributed by atoms with Gasteiger partial charge in [-0.05, 0) is 18.2 Å². The highest BCUT2D eigenvalue weighted by molar-refractivity contribution is 5.77. The Balaban J connectivity index is 1.74. The van der Waals surface area contributed by atoms with Crippen molar-refractivity contribution in [2.45, 2.75) is 6.92 Å². The van der Waals surface area contributed by atoms with Crippen molar-refractivity contribution in [3.8, 4) is 0 Å². The summed E-state index contributed by atoms with van der Waals surface area (Å²) in [5.41, 5.74) is 2.49. The Labute approximate surface area is 105 Å². The number of fused-ring (bicyclic) bond motifs is 1. The molecule has 0 bridgehead atoms. The van der Waals surface area contributed by atoms with Crippen LogP contribution in [0.3, 0.4) is 0 Å². The minimum absolute atomic E-state index is 0.130. The smallest absolute Gasteiger partial charge is 0.192 e. The molecule has 0 spiro atoms. The van der Waals surface area contributed by atoms with Gasteiger partial charge < -0.3 is 19.6 Å². The number of benzene rings is 1. The topological polar surface area (TPSA) is 67.5 Å². The van der Waals surface area contributed by atoms with E-state index < -0.39 is 0 Å². The van der Waals surface area contributed by atoms with E-state index in [0.717, 1.165) is 16.8 Å². The van der Waals surface area contributed by atoms with Gasteiger partial charge >= 0.3 is 0 Å². The van der Waals surface area contributed by atoms with E-state index in [1.807, 2.05) is 25.1 Å². The molecular formula is C13H16N2O3. The molecule has 0 saturated carbocycles. The van der Waals surface area contributed by atoms with Gasteiger partial charge in [0.05, 0.1) is 25.2 Å². The summed E-state index contributed by atoms with van der Waals surface area (Å²) in [6.45, 7) is 3.90. The summed E-state index contributed by atoms with van der Waals surface area (Å²) in [6, 6.07) is 5.81. The number of oxazole rings is 1. The molecule has 1 aromatic carbocycles. The normalized spacial score (nSPS) is 17.7. The highest BCUT2D eigenvalue weighted by atomic mass is 16.5. The molecule has 2 N–H and O–H groups in total. The average molecular weight is 248 g/mol. The lowest BCUT2D eigenvalue weighted by molar-refractivity contribution is -0.128. The summed E-state index contributed by atoms with van der Waals surface area (Å²) in [4.78, 5) is 4.29. The number of anilines is 1. The monoisotopic (exact) mass is 248 g/mol. The van der Waals surface area contributed by atoms with Crippen molar-refractivity contribution in [3.63, 3.8) is 0 Å². The molecular weight excluding hydrogens is 232 g/mol. The van der Waals surface area contributed by atoms with Crippen LogP contribution in [-0.4, -0.2) is 36.5 Å². The van der Waals surface area contributed by atoms with E-state index in [1.54, 1.807) is 0 Å². The van der Waals surface area contributed by atoms with Crippen LogP contribution in [0.15, 0.2) is 22.6 Å². The Morgan fingerprint density at radius 3 is 2.94 bits per heavy atom. The first-order chi connectivity index (χ1) is 8.71. The molecule has 1 saturated heterocycles. The lowest BCUT2D eigenvalue weighted by atomic mass is 9.87. The van der Waals surface area contributed by atoms with E-state index in [-0.39, 0.29) is 12.0 Å². The molecule has 18 heavy (non-hydrogen) atoms. The second-order valence-corrected chi connectivity index (χ2v) is 4.92. The summed E-state index contributed by atoms with van der Waals surface area (Å²) >= 11 is 0. The quantitative estimate of drug-likeness (QED) is 0.859. The predicted octanol–water partition coefficient (Wildman–Crippen LogP) is 1.56. The Kier molecular flexibility index (Phi) is 2.72. The molecule has 0 atom stereocenters. The van der Waals surface area contributed by atoms with Crippen molar-refractivity contribution >= 4 is 16.8 Å². The van der Waals surface area contributed by atoms with Gasteiger partial charge in [0.15, 0.2) is 11.5 Å². The van der Waals surface area contributed by atoms with Crippen molar-refractivity contribution in [1.82, 2.24) is 4.98 Å². The summed E-state index contributed by atoms with van der Waals surface area (Å²) in [6.07, 6.45) is 0. The Bertz CT molecular complexity index is 555. The van der Waals surface area contributed by atoms with Gasteiger partial charge in [-0.25, -0.2) is 4.98 Å². The zero-order chi connectivity index (χ0) is 12.6. The van der Waals surface area contributed by atoms with Gasteiger partial charge in [0.1, 0.15) is 5.52 Å². The Hall–Kier alpha value is -1.59. The standard InChI is InChI=1S/C13H16N2O3/c1-9-15-11-4-10(2-3-12(11)18-9)14-5-13(6-16)7-17-8-13/h2-4,14,16H,5-8H2,1H3. The summed E-state index contributed by atoms with van der Waals surface area (Å²) < 4.78 is 10.6. The number of hydrogen-bond acceptors (Lipinski definition) is 5. The predicted molar refractivity (Wildman–Crippen MR) is 67.6 cm³/mol. The molecule has 0 unspecified atom stereocenters. The molecule has 1 fully saturated rings. The number of aromatic nitrogens is 1. The second-order valence-electron chi connectivity index (χ2n) is 4.92. The van der Waals surface area contributed by atoms with Crippen molar-refractivity contribution in [3.05, 3.63) is 24.1 Å². The second kappa shape index (κ2) is 4.26. The van der Waals surface area contributed by atoms with Crippen LogP contribution < -0.4 is 5.32 Å². The third-order valence-corrected chi connectivity index (χ3v) is 3.31. The molecule has 1 aromatic heterocycles. The van der Waals surface area contributed by atoms with E-state index in [2.05, 4.69) is 10.3 Å². The minimum Gasteiger partial charge on any atom is -0.441 e. The minimum atomic E-state index is -0.130. The van der Waals surface area contributed by atoms with Crippen LogP contribution in [0, 0.1) is 12.3 Å². The van der Waals surface area contributed by atoms with Crippen LogP contribution in [-0.2, 0) is 4.74 Å². The molecule has 5 nitrogen and oxygen atoms in total. The van der Waals surface area contributed by atoms with E-state index in [0.29, 0.717) is 25.6 Å². The van der Waals surface area contributed by atoms with Crippen molar-refractivity contribution in [2.24, 2.45) is 5.41 Å². The SMILES string of the molecule is Cc1nc2cc(NCC3(CO)COC3)ccc2o1. The van der Waals surface area contributed by atoms with Gasteiger partial charge in [0.25, 0.3) is 0 Å². The third kappa shape index (κ3) is 1.95. The molecule has 1 aliphatic heterocycles. The first-order valence-corrected chi connectivity index (χ1v) is 6.00. The maximum absolute atomic E-state index is 9.34. The van der Waals surface area contributed by atoms with Gasteiger partial charge in [0.2, 0.25) is 0 Å². The number of aliphatic hydroxyl groups excluding tert-OH is 1.